The molecule has 0 fully saturated rings. The van der Waals surface area contributed by atoms with Crippen molar-refractivity contribution < 1.29 is 0 Å². The van der Waals surface area contributed by atoms with Crippen molar-refractivity contribution in [2.45, 2.75) is 31.7 Å². The normalized spacial score (nSPS) is 16.1. The van der Waals surface area contributed by atoms with Gasteiger partial charge in [0.2, 0.25) is 0 Å². The number of benzene rings is 1. The molecule has 2 nitrogen and oxygen atoms in total. The van der Waals surface area contributed by atoms with Crippen molar-refractivity contribution in [2.75, 3.05) is 7.05 Å². The highest BCUT2D eigenvalue weighted by Crippen LogP contribution is 2.32. The van der Waals surface area contributed by atoms with E-state index in [2.05, 4.69) is 11.4 Å². The summed E-state index contributed by atoms with van der Waals surface area (Å²) in [5, 5.41) is 5.30. The first-order valence-corrected chi connectivity index (χ1v) is 7.88. The van der Waals surface area contributed by atoms with Crippen molar-refractivity contribution in [3.05, 3.63) is 50.4 Å². The summed E-state index contributed by atoms with van der Waals surface area (Å²) in [6.45, 7) is 0. The molecular formula is C15H17ClN2S. The van der Waals surface area contributed by atoms with Gasteiger partial charge < -0.3 is 5.32 Å². The molecule has 100 valence electrons. The van der Waals surface area contributed by atoms with Crippen LogP contribution in [0.5, 0.6) is 0 Å². The Bertz CT molecular complexity index is 556. The number of aryl methyl sites for hydroxylation is 2. The van der Waals surface area contributed by atoms with Gasteiger partial charge in [0.15, 0.2) is 0 Å². The fourth-order valence-electron chi connectivity index (χ4n) is 2.61. The summed E-state index contributed by atoms with van der Waals surface area (Å²) in [6.07, 6.45) is 4.91. The maximum Gasteiger partial charge on any atom is 0.115 e. The molecule has 1 atom stereocenters. The first-order chi connectivity index (χ1) is 9.28. The lowest BCUT2D eigenvalue weighted by atomic mass is 10.0. The van der Waals surface area contributed by atoms with Crippen LogP contribution in [0, 0.1) is 0 Å². The second kappa shape index (κ2) is 5.61. The van der Waals surface area contributed by atoms with Crippen LogP contribution >= 0.6 is 22.9 Å². The van der Waals surface area contributed by atoms with E-state index >= 15 is 0 Å². The van der Waals surface area contributed by atoms with Gasteiger partial charge in [-0.05, 0) is 50.4 Å². The Balaban J connectivity index is 1.96. The van der Waals surface area contributed by atoms with Crippen LogP contribution in [0.3, 0.4) is 0 Å². The molecule has 1 aromatic heterocycles. The first kappa shape index (κ1) is 13.1. The van der Waals surface area contributed by atoms with E-state index in [0.717, 1.165) is 16.5 Å². The maximum absolute atomic E-state index is 6.09. The number of nitrogens with zero attached hydrogens (tertiary/aromatic N) is 1. The minimum Gasteiger partial charge on any atom is -0.307 e. The van der Waals surface area contributed by atoms with E-state index in [9.17, 15) is 0 Å². The SMILES string of the molecule is CNC(c1cccc(Cl)c1)c1nc2c(s1)CCCC2. The molecule has 3 rings (SSSR count). The number of nitrogens with one attached hydrogen (secondary N) is 1. The molecule has 19 heavy (non-hydrogen) atoms. The number of fused-ring (bicyclic) bond motifs is 1. The van der Waals surface area contributed by atoms with Crippen LogP contribution in [0.2, 0.25) is 5.02 Å². The van der Waals surface area contributed by atoms with Gasteiger partial charge in [-0.25, -0.2) is 4.98 Å². The first-order valence-electron chi connectivity index (χ1n) is 6.69. The summed E-state index contributed by atoms with van der Waals surface area (Å²) in [5.41, 5.74) is 2.50. The van der Waals surface area contributed by atoms with Gasteiger partial charge in [-0.3, -0.25) is 0 Å². The van der Waals surface area contributed by atoms with Crippen molar-refractivity contribution >= 4 is 22.9 Å². The van der Waals surface area contributed by atoms with Crippen molar-refractivity contribution in [3.8, 4) is 0 Å². The zero-order chi connectivity index (χ0) is 13.2. The largest absolute Gasteiger partial charge is 0.307 e. The van der Waals surface area contributed by atoms with Crippen LogP contribution in [-0.2, 0) is 12.8 Å². The highest BCUT2D eigenvalue weighted by molar-refractivity contribution is 7.11. The predicted octanol–water partition coefficient (Wildman–Crippen LogP) is 3.98. The van der Waals surface area contributed by atoms with E-state index in [1.54, 1.807) is 0 Å². The molecule has 1 heterocycles. The lowest BCUT2D eigenvalue weighted by molar-refractivity contribution is 0.661. The highest BCUT2D eigenvalue weighted by atomic mass is 35.5. The fourth-order valence-corrected chi connectivity index (χ4v) is 4.11. The Kier molecular flexibility index (Phi) is 3.87. The highest BCUT2D eigenvalue weighted by Gasteiger charge is 2.21. The zero-order valence-corrected chi connectivity index (χ0v) is 12.5. The Hall–Kier alpha value is -0.900. The van der Waals surface area contributed by atoms with E-state index in [1.165, 1.54) is 35.4 Å². The topological polar surface area (TPSA) is 24.9 Å². The van der Waals surface area contributed by atoms with E-state index in [1.807, 2.05) is 36.6 Å². The van der Waals surface area contributed by atoms with Gasteiger partial charge in [-0.15, -0.1) is 11.3 Å². The third-order valence-electron chi connectivity index (χ3n) is 3.58. The zero-order valence-electron chi connectivity index (χ0n) is 10.9. The minimum absolute atomic E-state index is 0.148. The molecule has 0 amide bonds. The van der Waals surface area contributed by atoms with Crippen molar-refractivity contribution in [1.29, 1.82) is 0 Å². The van der Waals surface area contributed by atoms with Crippen LogP contribution in [-0.4, -0.2) is 12.0 Å². The predicted molar refractivity (Wildman–Crippen MR) is 81.1 cm³/mol. The molecular weight excluding hydrogens is 276 g/mol. The number of halogens is 1. The van der Waals surface area contributed by atoms with E-state index < -0.39 is 0 Å². The van der Waals surface area contributed by atoms with Crippen LogP contribution in [0.1, 0.15) is 40.0 Å². The maximum atomic E-state index is 6.09. The van der Waals surface area contributed by atoms with Crippen LogP contribution in [0.4, 0.5) is 0 Å². The van der Waals surface area contributed by atoms with Gasteiger partial charge in [-0.2, -0.15) is 0 Å². The number of hydrogen-bond donors (Lipinski definition) is 1. The summed E-state index contributed by atoms with van der Waals surface area (Å²) in [4.78, 5) is 6.32. The Morgan fingerprint density at radius 3 is 2.89 bits per heavy atom. The van der Waals surface area contributed by atoms with Gasteiger partial charge in [0.25, 0.3) is 0 Å². The molecule has 0 spiro atoms. The van der Waals surface area contributed by atoms with Gasteiger partial charge >= 0.3 is 0 Å². The molecule has 1 unspecified atom stereocenters. The molecule has 0 saturated heterocycles. The van der Waals surface area contributed by atoms with Gasteiger partial charge in [-0.1, -0.05) is 23.7 Å². The molecule has 1 N–H and O–H groups in total. The summed E-state index contributed by atoms with van der Waals surface area (Å²) < 4.78 is 0. The molecule has 0 radical (unpaired) electrons. The summed E-state index contributed by atoms with van der Waals surface area (Å²) in [6, 6.07) is 8.17. The molecule has 0 saturated carbocycles. The Morgan fingerprint density at radius 2 is 2.16 bits per heavy atom. The standard InChI is InChI=1S/C15H17ClN2S/c1-17-14(10-5-4-6-11(16)9-10)15-18-12-7-2-3-8-13(12)19-15/h4-6,9,14,17H,2-3,7-8H2,1H3. The second-order valence-electron chi connectivity index (χ2n) is 4.91. The van der Waals surface area contributed by atoms with Gasteiger partial charge in [0.05, 0.1) is 11.7 Å². The smallest absolute Gasteiger partial charge is 0.115 e. The average molecular weight is 293 g/mol. The third-order valence-corrected chi connectivity index (χ3v) is 5.04. The van der Waals surface area contributed by atoms with Crippen LogP contribution < -0.4 is 5.32 Å². The Labute approximate surface area is 122 Å². The molecule has 4 heteroatoms. The van der Waals surface area contributed by atoms with Crippen molar-refractivity contribution in [3.63, 3.8) is 0 Å². The van der Waals surface area contributed by atoms with Gasteiger partial charge in [0, 0.05) is 9.90 Å². The number of thiazole rings is 1. The summed E-state index contributed by atoms with van der Waals surface area (Å²) in [7, 11) is 1.98. The average Bonchev–Trinajstić information content (AvgIpc) is 2.83. The fraction of sp³-hybridized carbons (Fsp3) is 0.400. The number of hydrogen-bond acceptors (Lipinski definition) is 3. The van der Waals surface area contributed by atoms with Crippen LogP contribution in [0.15, 0.2) is 24.3 Å². The lowest BCUT2D eigenvalue weighted by Crippen LogP contribution is -2.17. The monoisotopic (exact) mass is 292 g/mol. The number of rotatable bonds is 3. The van der Waals surface area contributed by atoms with E-state index in [-0.39, 0.29) is 6.04 Å². The van der Waals surface area contributed by atoms with E-state index in [4.69, 9.17) is 16.6 Å². The van der Waals surface area contributed by atoms with E-state index in [0.29, 0.717) is 0 Å². The van der Waals surface area contributed by atoms with Crippen molar-refractivity contribution in [2.24, 2.45) is 0 Å². The molecule has 0 aliphatic heterocycles. The molecule has 1 aromatic carbocycles. The van der Waals surface area contributed by atoms with Crippen LogP contribution in [0.25, 0.3) is 0 Å². The molecule has 1 aliphatic rings. The molecule has 1 aliphatic carbocycles. The Morgan fingerprint density at radius 1 is 1.32 bits per heavy atom. The second-order valence-corrected chi connectivity index (χ2v) is 6.46. The van der Waals surface area contributed by atoms with Gasteiger partial charge in [0.1, 0.15) is 5.01 Å². The molecule has 2 aromatic rings. The number of aromatic nitrogens is 1. The summed E-state index contributed by atoms with van der Waals surface area (Å²) >= 11 is 7.94. The summed E-state index contributed by atoms with van der Waals surface area (Å²) in [5.74, 6) is 0. The quantitative estimate of drug-likeness (QED) is 0.925. The van der Waals surface area contributed by atoms with Crippen molar-refractivity contribution in [1.82, 2.24) is 10.3 Å². The minimum atomic E-state index is 0.148. The lowest BCUT2D eigenvalue weighted by Gasteiger charge is -2.14. The molecule has 0 bridgehead atoms. The third kappa shape index (κ3) is 2.69.